The van der Waals surface area contributed by atoms with Crippen LogP contribution in [0.15, 0.2) is 0 Å². The largest absolute Gasteiger partial charge is 0.444 e. The molecule has 1 rings (SSSR count). The topological polar surface area (TPSA) is 75.8 Å². The predicted molar refractivity (Wildman–Crippen MR) is 74.8 cm³/mol. The number of amides is 1. The highest BCUT2D eigenvalue weighted by Gasteiger charge is 2.37. The third kappa shape index (κ3) is 4.35. The van der Waals surface area contributed by atoms with Gasteiger partial charge in [0.05, 0.1) is 5.60 Å². The first kappa shape index (κ1) is 16.2. The minimum atomic E-state index is -0.792. The number of aliphatic hydroxyl groups is 1. The molecule has 0 aromatic carbocycles. The van der Waals surface area contributed by atoms with E-state index in [1.165, 1.54) is 0 Å². The van der Waals surface area contributed by atoms with Gasteiger partial charge < -0.3 is 20.5 Å². The Morgan fingerprint density at radius 1 is 1.37 bits per heavy atom. The van der Waals surface area contributed by atoms with E-state index in [0.717, 1.165) is 12.8 Å². The van der Waals surface area contributed by atoms with Gasteiger partial charge in [-0.05, 0) is 46.0 Å². The number of nitrogens with zero attached hydrogens (tertiary/aromatic N) is 1. The summed E-state index contributed by atoms with van der Waals surface area (Å²) in [5.41, 5.74) is 4.42. The Balaban J connectivity index is 2.51. The minimum absolute atomic E-state index is 0.168. The van der Waals surface area contributed by atoms with E-state index in [9.17, 15) is 9.90 Å². The Bertz CT molecular complexity index is 300. The van der Waals surface area contributed by atoms with Crippen molar-refractivity contribution in [2.75, 3.05) is 19.6 Å². The highest BCUT2D eigenvalue weighted by molar-refractivity contribution is 5.68. The molecule has 5 nitrogen and oxygen atoms in total. The van der Waals surface area contributed by atoms with Crippen LogP contribution < -0.4 is 5.73 Å². The van der Waals surface area contributed by atoms with Crippen LogP contribution >= 0.6 is 0 Å². The van der Waals surface area contributed by atoms with Crippen LogP contribution in [0.4, 0.5) is 4.79 Å². The fourth-order valence-corrected chi connectivity index (χ4v) is 2.53. The number of hydrogen-bond donors (Lipinski definition) is 2. The molecular weight excluding hydrogens is 244 g/mol. The second-order valence-electron chi connectivity index (χ2n) is 6.40. The molecule has 1 unspecified atom stereocenters. The van der Waals surface area contributed by atoms with Gasteiger partial charge in [-0.1, -0.05) is 6.92 Å². The minimum Gasteiger partial charge on any atom is -0.444 e. The van der Waals surface area contributed by atoms with E-state index in [0.29, 0.717) is 19.5 Å². The molecule has 0 bridgehead atoms. The molecule has 3 N–H and O–H groups in total. The number of likely N-dealkylation sites (tertiary alicyclic amines) is 1. The zero-order valence-electron chi connectivity index (χ0n) is 12.6. The molecule has 1 amide bonds. The van der Waals surface area contributed by atoms with E-state index in [1.807, 2.05) is 27.7 Å². The maximum absolute atomic E-state index is 11.9. The van der Waals surface area contributed by atoms with Crippen molar-refractivity contribution in [1.82, 2.24) is 4.90 Å². The third-order valence-corrected chi connectivity index (χ3v) is 3.87. The first-order chi connectivity index (χ1) is 8.72. The summed E-state index contributed by atoms with van der Waals surface area (Å²) in [6.07, 6.45) is 1.95. The molecule has 0 aromatic rings. The van der Waals surface area contributed by atoms with Gasteiger partial charge in [0.15, 0.2) is 0 Å². The fraction of sp³-hybridized carbons (Fsp3) is 0.929. The van der Waals surface area contributed by atoms with E-state index in [1.54, 1.807) is 4.90 Å². The van der Waals surface area contributed by atoms with Crippen molar-refractivity contribution in [3.8, 4) is 0 Å². The lowest BCUT2D eigenvalue weighted by Gasteiger charge is -2.40. The van der Waals surface area contributed by atoms with Crippen LogP contribution in [0.5, 0.6) is 0 Å². The number of hydrogen-bond acceptors (Lipinski definition) is 4. The number of carbonyl (C=O) groups is 1. The zero-order chi connectivity index (χ0) is 14.7. The molecule has 1 fully saturated rings. The summed E-state index contributed by atoms with van der Waals surface area (Å²) in [6.45, 7) is 9.07. The first-order valence-electron chi connectivity index (χ1n) is 7.12. The highest BCUT2D eigenvalue weighted by atomic mass is 16.6. The van der Waals surface area contributed by atoms with Crippen molar-refractivity contribution >= 4 is 6.09 Å². The molecule has 19 heavy (non-hydrogen) atoms. The average molecular weight is 272 g/mol. The molecule has 1 atom stereocenters. The van der Waals surface area contributed by atoms with E-state index < -0.39 is 11.2 Å². The van der Waals surface area contributed by atoms with Gasteiger partial charge in [-0.15, -0.1) is 0 Å². The van der Waals surface area contributed by atoms with Crippen molar-refractivity contribution in [2.24, 2.45) is 11.7 Å². The molecule has 0 spiro atoms. The van der Waals surface area contributed by atoms with Crippen LogP contribution in [0.1, 0.15) is 47.0 Å². The summed E-state index contributed by atoms with van der Waals surface area (Å²) in [5, 5.41) is 10.4. The molecule has 1 aliphatic heterocycles. The monoisotopic (exact) mass is 272 g/mol. The number of nitrogens with two attached hydrogens (primary N) is 1. The van der Waals surface area contributed by atoms with E-state index in [4.69, 9.17) is 10.5 Å². The second kappa shape index (κ2) is 6.09. The second-order valence-corrected chi connectivity index (χ2v) is 6.40. The molecule has 112 valence electrons. The molecule has 0 saturated carbocycles. The summed E-state index contributed by atoms with van der Waals surface area (Å²) in [4.78, 5) is 13.6. The summed E-state index contributed by atoms with van der Waals surface area (Å²) in [5.74, 6) is 0.168. The van der Waals surface area contributed by atoms with E-state index >= 15 is 0 Å². The van der Waals surface area contributed by atoms with Crippen molar-refractivity contribution in [2.45, 2.75) is 58.2 Å². The van der Waals surface area contributed by atoms with E-state index in [-0.39, 0.29) is 18.6 Å². The Kier molecular flexibility index (Phi) is 5.21. The zero-order valence-corrected chi connectivity index (χ0v) is 12.6. The lowest BCUT2D eigenvalue weighted by atomic mass is 9.79. The Labute approximate surface area is 116 Å². The first-order valence-corrected chi connectivity index (χ1v) is 7.12. The normalized spacial score (nSPS) is 21.1. The van der Waals surface area contributed by atoms with Crippen LogP contribution in [0.3, 0.4) is 0 Å². The summed E-state index contributed by atoms with van der Waals surface area (Å²) in [6, 6.07) is 0. The Morgan fingerprint density at radius 3 is 2.26 bits per heavy atom. The van der Waals surface area contributed by atoms with Gasteiger partial charge in [0.1, 0.15) is 5.60 Å². The number of rotatable bonds is 3. The quantitative estimate of drug-likeness (QED) is 0.820. The van der Waals surface area contributed by atoms with Gasteiger partial charge in [0.2, 0.25) is 0 Å². The predicted octanol–water partition coefficient (Wildman–Crippen LogP) is 1.73. The molecule has 1 heterocycles. The molecule has 0 radical (unpaired) electrons. The Morgan fingerprint density at radius 2 is 1.89 bits per heavy atom. The standard InChI is InChI=1S/C14H28N2O3/c1-5-14(18,10-15)11-6-8-16(9-7-11)12(17)19-13(2,3)4/h11,18H,5-10,15H2,1-4H3. The maximum Gasteiger partial charge on any atom is 0.410 e. The van der Waals surface area contributed by atoms with Crippen LogP contribution in [0.25, 0.3) is 0 Å². The van der Waals surface area contributed by atoms with Crippen LogP contribution in [0.2, 0.25) is 0 Å². The molecule has 5 heteroatoms. The third-order valence-electron chi connectivity index (χ3n) is 3.87. The molecule has 0 aliphatic carbocycles. The SMILES string of the molecule is CCC(O)(CN)C1CCN(C(=O)OC(C)(C)C)CC1. The van der Waals surface area contributed by atoms with Crippen molar-refractivity contribution in [3.05, 3.63) is 0 Å². The van der Waals surface area contributed by atoms with Gasteiger partial charge in [0.25, 0.3) is 0 Å². The maximum atomic E-state index is 11.9. The summed E-state index contributed by atoms with van der Waals surface area (Å²) in [7, 11) is 0. The molecule has 1 saturated heterocycles. The van der Waals surface area contributed by atoms with Gasteiger partial charge >= 0.3 is 6.09 Å². The van der Waals surface area contributed by atoms with Gasteiger partial charge in [0, 0.05) is 19.6 Å². The number of piperidine rings is 1. The molecular formula is C14H28N2O3. The van der Waals surface area contributed by atoms with Crippen molar-refractivity contribution in [3.63, 3.8) is 0 Å². The summed E-state index contributed by atoms with van der Waals surface area (Å²) >= 11 is 0. The van der Waals surface area contributed by atoms with Crippen molar-refractivity contribution in [1.29, 1.82) is 0 Å². The van der Waals surface area contributed by atoms with Gasteiger partial charge in [-0.2, -0.15) is 0 Å². The fourth-order valence-electron chi connectivity index (χ4n) is 2.53. The average Bonchev–Trinajstić information content (AvgIpc) is 2.36. The van der Waals surface area contributed by atoms with Crippen LogP contribution in [-0.4, -0.2) is 46.9 Å². The summed E-state index contributed by atoms with van der Waals surface area (Å²) < 4.78 is 5.35. The number of carbonyl (C=O) groups excluding carboxylic acids is 1. The van der Waals surface area contributed by atoms with Crippen LogP contribution in [-0.2, 0) is 4.74 Å². The lowest BCUT2D eigenvalue weighted by Crippen LogP contribution is -2.50. The molecule has 0 aromatic heterocycles. The molecule has 1 aliphatic rings. The Hall–Kier alpha value is -0.810. The smallest absolute Gasteiger partial charge is 0.410 e. The lowest BCUT2D eigenvalue weighted by molar-refractivity contribution is -0.0428. The van der Waals surface area contributed by atoms with E-state index in [2.05, 4.69) is 0 Å². The van der Waals surface area contributed by atoms with Gasteiger partial charge in [-0.25, -0.2) is 4.79 Å². The van der Waals surface area contributed by atoms with Crippen molar-refractivity contribution < 1.29 is 14.6 Å². The highest BCUT2D eigenvalue weighted by Crippen LogP contribution is 2.30. The number of ether oxygens (including phenoxy) is 1. The van der Waals surface area contributed by atoms with Crippen LogP contribution in [0, 0.1) is 5.92 Å². The van der Waals surface area contributed by atoms with Gasteiger partial charge in [-0.3, -0.25) is 0 Å².